The minimum absolute atomic E-state index is 0.0912. The molecule has 0 spiro atoms. The van der Waals surface area contributed by atoms with Crippen LogP contribution in [0.3, 0.4) is 0 Å². The normalized spacial score (nSPS) is 16.0. The number of hydrogen-bond acceptors (Lipinski definition) is 7. The molecule has 1 aromatic heterocycles. The quantitative estimate of drug-likeness (QED) is 0.548. The van der Waals surface area contributed by atoms with E-state index in [4.69, 9.17) is 9.84 Å². The standard InChI is InChI=1S/C25H25N3O4/c29-17-24(31)21-14-26-25(27-15-21)28-12-13-32-22(16-28)10-11-23(30)20-8-6-19(7-9-20)18-4-2-1-3-5-18/h1-9,14-15,22,29H,10-13,16-17H2. The molecule has 2 aromatic carbocycles. The number of anilines is 1. The average Bonchev–Trinajstić information content (AvgIpc) is 2.87. The number of carbonyl (C=O) groups is 2. The number of ether oxygens (including phenoxy) is 1. The molecule has 164 valence electrons. The maximum absolute atomic E-state index is 12.7. The highest BCUT2D eigenvalue weighted by Gasteiger charge is 2.23. The predicted molar refractivity (Wildman–Crippen MR) is 121 cm³/mol. The fourth-order valence-electron chi connectivity index (χ4n) is 3.71. The van der Waals surface area contributed by atoms with Gasteiger partial charge in [-0.1, -0.05) is 54.6 Å². The molecule has 0 amide bonds. The van der Waals surface area contributed by atoms with Gasteiger partial charge < -0.3 is 14.7 Å². The number of benzene rings is 2. The summed E-state index contributed by atoms with van der Waals surface area (Å²) in [4.78, 5) is 34.7. The van der Waals surface area contributed by atoms with E-state index in [0.29, 0.717) is 44.0 Å². The molecule has 4 rings (SSSR count). The van der Waals surface area contributed by atoms with Crippen LogP contribution in [-0.4, -0.2) is 59.0 Å². The largest absolute Gasteiger partial charge is 0.388 e. The molecule has 1 N–H and O–H groups in total. The van der Waals surface area contributed by atoms with E-state index in [1.165, 1.54) is 12.4 Å². The zero-order valence-electron chi connectivity index (χ0n) is 17.7. The van der Waals surface area contributed by atoms with E-state index in [2.05, 4.69) is 9.97 Å². The van der Waals surface area contributed by atoms with Crippen LogP contribution in [0.15, 0.2) is 67.0 Å². The molecule has 3 aromatic rings. The molecule has 0 bridgehead atoms. The topological polar surface area (TPSA) is 92.6 Å². The average molecular weight is 431 g/mol. The molecule has 32 heavy (non-hydrogen) atoms. The molecule has 1 saturated heterocycles. The van der Waals surface area contributed by atoms with Crippen molar-refractivity contribution < 1.29 is 19.4 Å². The highest BCUT2D eigenvalue weighted by Crippen LogP contribution is 2.21. The van der Waals surface area contributed by atoms with Crippen LogP contribution >= 0.6 is 0 Å². The number of aliphatic hydroxyl groups excluding tert-OH is 1. The van der Waals surface area contributed by atoms with Crippen LogP contribution in [0.1, 0.15) is 33.6 Å². The van der Waals surface area contributed by atoms with Gasteiger partial charge >= 0.3 is 0 Å². The van der Waals surface area contributed by atoms with Crippen molar-refractivity contribution in [1.82, 2.24) is 9.97 Å². The summed E-state index contributed by atoms with van der Waals surface area (Å²) in [7, 11) is 0. The first kappa shape index (κ1) is 21.8. The van der Waals surface area contributed by atoms with Crippen LogP contribution in [0.2, 0.25) is 0 Å². The van der Waals surface area contributed by atoms with E-state index in [1.54, 1.807) is 0 Å². The number of carbonyl (C=O) groups excluding carboxylic acids is 2. The molecule has 1 aliphatic rings. The minimum Gasteiger partial charge on any atom is -0.388 e. The van der Waals surface area contributed by atoms with E-state index < -0.39 is 12.4 Å². The van der Waals surface area contributed by atoms with Crippen molar-refractivity contribution in [2.45, 2.75) is 18.9 Å². The Morgan fingerprint density at radius 1 is 0.938 bits per heavy atom. The third-order valence-electron chi connectivity index (χ3n) is 5.53. The van der Waals surface area contributed by atoms with Gasteiger partial charge in [0.1, 0.15) is 6.61 Å². The summed E-state index contributed by atoms with van der Waals surface area (Å²) in [6.07, 6.45) is 3.76. The first-order valence-electron chi connectivity index (χ1n) is 10.7. The van der Waals surface area contributed by atoms with Crippen LogP contribution < -0.4 is 4.90 Å². The molecular weight excluding hydrogens is 406 g/mol. The Labute approximate surface area is 186 Å². The minimum atomic E-state index is -0.564. The van der Waals surface area contributed by atoms with Crippen molar-refractivity contribution in [2.75, 3.05) is 31.2 Å². The van der Waals surface area contributed by atoms with Crippen molar-refractivity contribution in [3.63, 3.8) is 0 Å². The molecule has 2 heterocycles. The van der Waals surface area contributed by atoms with Crippen LogP contribution in [-0.2, 0) is 4.74 Å². The van der Waals surface area contributed by atoms with Crippen LogP contribution in [0.4, 0.5) is 5.95 Å². The first-order chi connectivity index (χ1) is 15.6. The number of hydrogen-bond donors (Lipinski definition) is 1. The summed E-state index contributed by atoms with van der Waals surface area (Å²) >= 11 is 0. The Hall–Kier alpha value is -3.42. The van der Waals surface area contributed by atoms with Crippen molar-refractivity contribution >= 4 is 17.5 Å². The second-order valence-electron chi connectivity index (χ2n) is 7.70. The number of aliphatic hydroxyl groups is 1. The fourth-order valence-corrected chi connectivity index (χ4v) is 3.71. The molecule has 7 heteroatoms. The first-order valence-corrected chi connectivity index (χ1v) is 10.7. The summed E-state index contributed by atoms with van der Waals surface area (Å²) in [5.74, 6) is 0.191. The van der Waals surface area contributed by atoms with Crippen molar-refractivity contribution in [2.24, 2.45) is 0 Å². The Morgan fingerprint density at radius 2 is 1.62 bits per heavy atom. The monoisotopic (exact) mass is 431 g/mol. The maximum atomic E-state index is 12.7. The Morgan fingerprint density at radius 3 is 2.31 bits per heavy atom. The summed E-state index contributed by atoms with van der Waals surface area (Å²) < 4.78 is 5.84. The third-order valence-corrected chi connectivity index (χ3v) is 5.53. The molecule has 1 fully saturated rings. The van der Waals surface area contributed by atoms with Crippen LogP contribution in [0.25, 0.3) is 11.1 Å². The van der Waals surface area contributed by atoms with E-state index in [9.17, 15) is 9.59 Å². The zero-order valence-corrected chi connectivity index (χ0v) is 17.7. The number of aromatic nitrogens is 2. The van der Waals surface area contributed by atoms with Crippen molar-refractivity contribution in [3.05, 3.63) is 78.1 Å². The lowest BCUT2D eigenvalue weighted by molar-refractivity contribution is 0.0330. The lowest BCUT2D eigenvalue weighted by Crippen LogP contribution is -2.43. The fraction of sp³-hybridized carbons (Fsp3) is 0.280. The highest BCUT2D eigenvalue weighted by atomic mass is 16.5. The van der Waals surface area contributed by atoms with Gasteiger partial charge in [0.2, 0.25) is 5.95 Å². The molecule has 0 saturated carbocycles. The van der Waals surface area contributed by atoms with Gasteiger partial charge in [0.05, 0.1) is 18.3 Å². The van der Waals surface area contributed by atoms with E-state index >= 15 is 0 Å². The molecule has 1 atom stereocenters. The smallest absolute Gasteiger partial charge is 0.225 e. The number of morpholine rings is 1. The van der Waals surface area contributed by atoms with Gasteiger partial charge in [0.25, 0.3) is 0 Å². The van der Waals surface area contributed by atoms with Crippen LogP contribution in [0, 0.1) is 0 Å². The lowest BCUT2D eigenvalue weighted by Gasteiger charge is -2.32. The molecule has 7 nitrogen and oxygen atoms in total. The molecule has 1 unspecified atom stereocenters. The van der Waals surface area contributed by atoms with Gasteiger partial charge in [-0.05, 0) is 17.5 Å². The molecule has 1 aliphatic heterocycles. The van der Waals surface area contributed by atoms with Crippen molar-refractivity contribution in [1.29, 1.82) is 0 Å². The SMILES string of the molecule is O=C(CO)c1cnc(N2CCOC(CCC(=O)c3ccc(-c4ccccc4)cc3)C2)nc1. The Kier molecular flexibility index (Phi) is 6.99. The maximum Gasteiger partial charge on any atom is 0.225 e. The summed E-state index contributed by atoms with van der Waals surface area (Å²) in [5.41, 5.74) is 3.19. The van der Waals surface area contributed by atoms with Gasteiger partial charge in [-0.2, -0.15) is 0 Å². The van der Waals surface area contributed by atoms with Gasteiger partial charge in [-0.25, -0.2) is 9.97 Å². The van der Waals surface area contributed by atoms with Gasteiger partial charge in [-0.3, -0.25) is 9.59 Å². The zero-order chi connectivity index (χ0) is 22.3. The van der Waals surface area contributed by atoms with Gasteiger partial charge in [-0.15, -0.1) is 0 Å². The highest BCUT2D eigenvalue weighted by molar-refractivity contribution is 5.97. The Balaban J connectivity index is 1.31. The Bertz CT molecular complexity index is 1050. The third kappa shape index (κ3) is 5.25. The number of rotatable bonds is 8. The summed E-state index contributed by atoms with van der Waals surface area (Å²) in [6, 6.07) is 17.8. The number of Topliss-reactive ketones (excluding diaryl/α,β-unsaturated/α-hetero) is 2. The lowest BCUT2D eigenvalue weighted by atomic mass is 10.00. The number of nitrogens with zero attached hydrogens (tertiary/aromatic N) is 3. The second-order valence-corrected chi connectivity index (χ2v) is 7.70. The van der Waals surface area contributed by atoms with Gasteiger partial charge in [0.15, 0.2) is 11.6 Å². The molecule has 0 aliphatic carbocycles. The molecular formula is C25H25N3O4. The van der Waals surface area contributed by atoms with Crippen LogP contribution in [0.5, 0.6) is 0 Å². The molecule has 0 radical (unpaired) electrons. The van der Waals surface area contributed by atoms with E-state index in [0.717, 1.165) is 11.1 Å². The predicted octanol–water partition coefficient (Wildman–Crippen LogP) is 3.19. The van der Waals surface area contributed by atoms with E-state index in [1.807, 2.05) is 59.5 Å². The summed E-state index contributed by atoms with van der Waals surface area (Å²) in [6.45, 7) is 1.17. The van der Waals surface area contributed by atoms with E-state index in [-0.39, 0.29) is 17.5 Å². The second kappa shape index (κ2) is 10.3. The number of ketones is 2. The van der Waals surface area contributed by atoms with Crippen molar-refractivity contribution in [3.8, 4) is 11.1 Å². The summed E-state index contributed by atoms with van der Waals surface area (Å²) in [5, 5.41) is 8.93. The van der Waals surface area contributed by atoms with Gasteiger partial charge in [0, 0.05) is 37.5 Å².